The van der Waals surface area contributed by atoms with Gasteiger partial charge in [-0.15, -0.1) is 0 Å². The fraction of sp³-hybridized carbons (Fsp3) is 0.348. The molecule has 0 bridgehead atoms. The quantitative estimate of drug-likeness (QED) is 0.671. The maximum Gasteiger partial charge on any atom is 0.255 e. The normalized spacial score (nSPS) is 14.8. The smallest absolute Gasteiger partial charge is 0.255 e. The number of hydrogen-bond acceptors (Lipinski definition) is 4. The molecule has 29 heavy (non-hydrogen) atoms. The summed E-state index contributed by atoms with van der Waals surface area (Å²) in [4.78, 5) is 26.1. The average Bonchev–Trinajstić information content (AvgIpc) is 3.22. The second-order valence-electron chi connectivity index (χ2n) is 7.71. The Balaban J connectivity index is 1.43. The fourth-order valence-electron chi connectivity index (χ4n) is 4.04. The Hall–Kier alpha value is -3.15. The third-order valence-corrected chi connectivity index (χ3v) is 5.57. The van der Waals surface area contributed by atoms with Crippen molar-refractivity contribution in [2.45, 2.75) is 25.3 Å². The summed E-state index contributed by atoms with van der Waals surface area (Å²) in [5.41, 5.74) is 2.76. The third-order valence-electron chi connectivity index (χ3n) is 5.57. The Morgan fingerprint density at radius 2 is 1.79 bits per heavy atom. The molecule has 1 aromatic carbocycles. The van der Waals surface area contributed by atoms with E-state index in [1.165, 1.54) is 0 Å². The number of amides is 1. The zero-order chi connectivity index (χ0) is 20.2. The molecule has 0 atom stereocenters. The summed E-state index contributed by atoms with van der Waals surface area (Å²) < 4.78 is 2.19. The lowest BCUT2D eigenvalue weighted by molar-refractivity contribution is 0.0711. The molecule has 4 rings (SSSR count). The van der Waals surface area contributed by atoms with Crippen LogP contribution in [0.2, 0.25) is 0 Å². The molecular weight excluding hydrogens is 362 g/mol. The molecule has 0 radical (unpaired) electrons. The number of pyridine rings is 1. The lowest BCUT2D eigenvalue weighted by Gasteiger charge is -2.32. The highest BCUT2D eigenvalue weighted by Gasteiger charge is 2.28. The minimum atomic E-state index is 0.115. The number of piperidine rings is 1. The van der Waals surface area contributed by atoms with Crippen molar-refractivity contribution in [3.63, 3.8) is 0 Å². The zero-order valence-electron chi connectivity index (χ0n) is 17.0. The second-order valence-corrected chi connectivity index (χ2v) is 7.71. The Morgan fingerprint density at radius 1 is 1.03 bits per heavy atom. The van der Waals surface area contributed by atoms with E-state index in [0.717, 1.165) is 55.2 Å². The largest absolute Gasteiger partial charge is 0.377 e. The van der Waals surface area contributed by atoms with Crippen molar-refractivity contribution in [2.24, 2.45) is 0 Å². The van der Waals surface area contributed by atoms with E-state index in [0.29, 0.717) is 5.92 Å². The lowest BCUT2D eigenvalue weighted by atomic mass is 9.95. The second kappa shape index (κ2) is 8.47. The van der Waals surface area contributed by atoms with Crippen molar-refractivity contribution >= 4 is 11.6 Å². The van der Waals surface area contributed by atoms with E-state index >= 15 is 0 Å². The van der Waals surface area contributed by atoms with Crippen LogP contribution < -0.4 is 4.90 Å². The molecule has 0 saturated carbocycles. The number of anilines is 1. The van der Waals surface area contributed by atoms with Gasteiger partial charge in [0, 0.05) is 57.4 Å². The molecule has 1 aliphatic rings. The van der Waals surface area contributed by atoms with E-state index in [2.05, 4.69) is 14.5 Å². The minimum Gasteiger partial charge on any atom is -0.377 e. The number of para-hydroxylation sites is 1. The maximum absolute atomic E-state index is 13.1. The number of carbonyl (C=O) groups is 1. The Bertz CT molecular complexity index is 958. The number of aromatic nitrogens is 3. The number of nitrogens with zero attached hydrogens (tertiary/aromatic N) is 5. The monoisotopic (exact) mass is 389 g/mol. The van der Waals surface area contributed by atoms with Gasteiger partial charge in [-0.1, -0.05) is 18.2 Å². The highest BCUT2D eigenvalue weighted by Crippen LogP contribution is 2.29. The first-order valence-electron chi connectivity index (χ1n) is 10.1. The number of imidazole rings is 1. The number of rotatable bonds is 5. The molecule has 1 fully saturated rings. The van der Waals surface area contributed by atoms with Crippen molar-refractivity contribution in [2.75, 3.05) is 32.1 Å². The van der Waals surface area contributed by atoms with E-state index in [-0.39, 0.29) is 5.91 Å². The maximum atomic E-state index is 13.1. The van der Waals surface area contributed by atoms with Crippen molar-refractivity contribution in [1.82, 2.24) is 19.4 Å². The van der Waals surface area contributed by atoms with Gasteiger partial charge in [-0.05, 0) is 37.1 Å². The highest BCUT2D eigenvalue weighted by molar-refractivity contribution is 5.99. The molecule has 0 aliphatic carbocycles. The molecule has 6 nitrogen and oxygen atoms in total. The standard InChI is InChI=1S/C23H27N5O/c1-26(2)21-9-4-3-8-20(21)23(29)27-14-10-18(11-15-27)22-25-13-16-28(22)17-19-7-5-6-12-24-19/h3-9,12-13,16,18H,10-11,14-15,17H2,1-2H3. The summed E-state index contributed by atoms with van der Waals surface area (Å²) in [6.07, 6.45) is 7.56. The summed E-state index contributed by atoms with van der Waals surface area (Å²) in [5, 5.41) is 0. The van der Waals surface area contributed by atoms with Crippen LogP contribution in [0.25, 0.3) is 0 Å². The summed E-state index contributed by atoms with van der Waals surface area (Å²) in [5.74, 6) is 1.57. The van der Waals surface area contributed by atoms with Crippen LogP contribution >= 0.6 is 0 Å². The van der Waals surface area contributed by atoms with Crippen LogP contribution in [0.1, 0.15) is 40.6 Å². The summed E-state index contributed by atoms with van der Waals surface area (Å²) in [6.45, 7) is 2.23. The van der Waals surface area contributed by atoms with Crippen molar-refractivity contribution in [3.05, 3.63) is 78.1 Å². The summed E-state index contributed by atoms with van der Waals surface area (Å²) in [7, 11) is 3.94. The van der Waals surface area contributed by atoms with Crippen molar-refractivity contribution in [1.29, 1.82) is 0 Å². The van der Waals surface area contributed by atoms with Gasteiger partial charge in [-0.3, -0.25) is 9.78 Å². The molecule has 1 aliphatic heterocycles. The van der Waals surface area contributed by atoms with Crippen molar-refractivity contribution in [3.8, 4) is 0 Å². The molecule has 0 N–H and O–H groups in total. The fourth-order valence-corrected chi connectivity index (χ4v) is 4.04. The minimum absolute atomic E-state index is 0.115. The van der Waals surface area contributed by atoms with Gasteiger partial charge in [-0.25, -0.2) is 4.98 Å². The number of benzene rings is 1. The molecule has 0 spiro atoms. The molecule has 150 valence electrons. The van der Waals surface area contributed by atoms with Gasteiger partial charge in [0.05, 0.1) is 17.8 Å². The predicted octanol–water partition coefficient (Wildman–Crippen LogP) is 3.41. The Kier molecular flexibility index (Phi) is 5.60. The van der Waals surface area contributed by atoms with Crippen LogP contribution in [0, 0.1) is 0 Å². The Morgan fingerprint density at radius 3 is 2.52 bits per heavy atom. The van der Waals surface area contributed by atoms with Crippen LogP contribution in [0.3, 0.4) is 0 Å². The molecular formula is C23H27N5O. The number of hydrogen-bond donors (Lipinski definition) is 0. The van der Waals surface area contributed by atoms with Crippen LogP contribution in [0.5, 0.6) is 0 Å². The first-order valence-corrected chi connectivity index (χ1v) is 10.1. The number of likely N-dealkylation sites (tertiary alicyclic amines) is 1. The first kappa shape index (κ1) is 19.2. The van der Waals surface area contributed by atoms with Crippen molar-refractivity contribution < 1.29 is 4.79 Å². The van der Waals surface area contributed by atoms with Crippen LogP contribution in [-0.4, -0.2) is 52.5 Å². The summed E-state index contributed by atoms with van der Waals surface area (Å²) in [6, 6.07) is 13.8. The highest BCUT2D eigenvalue weighted by atomic mass is 16.2. The molecule has 6 heteroatoms. The first-order chi connectivity index (χ1) is 14.1. The molecule has 1 saturated heterocycles. The van der Waals surface area contributed by atoms with E-state index in [1.807, 2.05) is 85.0 Å². The van der Waals surface area contributed by atoms with E-state index < -0.39 is 0 Å². The average molecular weight is 390 g/mol. The summed E-state index contributed by atoms with van der Waals surface area (Å²) >= 11 is 0. The van der Waals surface area contributed by atoms with Gasteiger partial charge in [0.2, 0.25) is 0 Å². The topological polar surface area (TPSA) is 54.3 Å². The molecule has 3 heterocycles. The van der Waals surface area contributed by atoms with Gasteiger partial charge >= 0.3 is 0 Å². The molecule has 0 unspecified atom stereocenters. The predicted molar refractivity (Wildman–Crippen MR) is 114 cm³/mol. The van der Waals surface area contributed by atoms with Gasteiger partial charge in [0.1, 0.15) is 5.82 Å². The van der Waals surface area contributed by atoms with Gasteiger partial charge in [-0.2, -0.15) is 0 Å². The Labute approximate surface area is 171 Å². The molecule has 2 aromatic heterocycles. The number of carbonyl (C=O) groups excluding carboxylic acids is 1. The zero-order valence-corrected chi connectivity index (χ0v) is 17.0. The van der Waals surface area contributed by atoms with Crippen LogP contribution in [-0.2, 0) is 6.54 Å². The molecule has 1 amide bonds. The van der Waals surface area contributed by atoms with Crippen LogP contribution in [0.4, 0.5) is 5.69 Å². The van der Waals surface area contributed by atoms with Gasteiger partial charge in [0.25, 0.3) is 5.91 Å². The van der Waals surface area contributed by atoms with Gasteiger partial charge in [0.15, 0.2) is 0 Å². The van der Waals surface area contributed by atoms with Crippen LogP contribution in [0.15, 0.2) is 61.1 Å². The lowest BCUT2D eigenvalue weighted by Crippen LogP contribution is -2.39. The molecule has 3 aromatic rings. The van der Waals surface area contributed by atoms with E-state index in [9.17, 15) is 4.79 Å². The van der Waals surface area contributed by atoms with E-state index in [4.69, 9.17) is 0 Å². The third kappa shape index (κ3) is 4.16. The SMILES string of the molecule is CN(C)c1ccccc1C(=O)N1CCC(c2nccn2Cc2ccccn2)CC1. The van der Waals surface area contributed by atoms with E-state index in [1.54, 1.807) is 0 Å². The van der Waals surface area contributed by atoms with Gasteiger partial charge < -0.3 is 14.4 Å².